The molecule has 1 unspecified atom stereocenters. The van der Waals surface area contributed by atoms with E-state index < -0.39 is 19.0 Å². The van der Waals surface area contributed by atoms with Gasteiger partial charge in [-0.15, -0.1) is 0 Å². The number of aromatic nitrogens is 1. The second-order valence-electron chi connectivity index (χ2n) is 6.12. The number of ether oxygens (including phenoxy) is 1. The molecule has 0 saturated carbocycles. The van der Waals surface area contributed by atoms with Crippen molar-refractivity contribution in [3.63, 3.8) is 0 Å². The summed E-state index contributed by atoms with van der Waals surface area (Å²) >= 11 is 0. The molecule has 124 valence electrons. The molecule has 0 spiro atoms. The van der Waals surface area contributed by atoms with Gasteiger partial charge >= 0.3 is 7.60 Å². The number of nitrogens with one attached hydrogen (secondary N) is 1. The van der Waals surface area contributed by atoms with Crippen LogP contribution in [0.4, 0.5) is 5.69 Å². The highest BCUT2D eigenvalue weighted by Gasteiger charge is 2.32. The predicted octanol–water partition coefficient (Wildman–Crippen LogP) is 3.55. The smallest absolute Gasteiger partial charge is 0.353 e. The highest BCUT2D eigenvalue weighted by Crippen LogP contribution is 2.51. The van der Waals surface area contributed by atoms with E-state index in [-0.39, 0.29) is 5.69 Å². The summed E-state index contributed by atoms with van der Waals surface area (Å²) in [6.45, 7) is 5.64. The lowest BCUT2D eigenvalue weighted by molar-refractivity contribution is 0.124. The maximum Gasteiger partial charge on any atom is 0.353 e. The Kier molecular flexibility index (Phi) is 5.09. The van der Waals surface area contributed by atoms with Gasteiger partial charge in [0.2, 0.25) is 5.88 Å². The predicted molar refractivity (Wildman–Crippen MR) is 89.5 cm³/mol. The number of hydrogen-bond acceptors (Lipinski definition) is 4. The summed E-state index contributed by atoms with van der Waals surface area (Å²) in [5.74, 6) is -0.920. The summed E-state index contributed by atoms with van der Waals surface area (Å²) < 4.78 is 17.5. The topological polar surface area (TPSA) is 91.7 Å². The van der Waals surface area contributed by atoms with Crippen LogP contribution >= 0.6 is 7.60 Å². The first-order valence-corrected chi connectivity index (χ1v) is 8.86. The Morgan fingerprint density at radius 1 is 1.09 bits per heavy atom. The van der Waals surface area contributed by atoms with E-state index in [4.69, 9.17) is 4.74 Å². The van der Waals surface area contributed by atoms with E-state index in [9.17, 15) is 14.4 Å². The van der Waals surface area contributed by atoms with Crippen molar-refractivity contribution in [1.82, 2.24) is 4.98 Å². The lowest BCUT2D eigenvalue weighted by Gasteiger charge is -2.23. The Balaban J connectivity index is 2.33. The van der Waals surface area contributed by atoms with Crippen LogP contribution in [0.1, 0.15) is 32.2 Å². The lowest BCUT2D eigenvalue weighted by Crippen LogP contribution is -2.24. The quantitative estimate of drug-likeness (QED) is 0.723. The maximum atomic E-state index is 11.9. The van der Waals surface area contributed by atoms with E-state index in [1.807, 2.05) is 26.8 Å². The van der Waals surface area contributed by atoms with E-state index in [2.05, 4.69) is 10.3 Å². The second-order valence-corrected chi connectivity index (χ2v) is 7.81. The lowest BCUT2D eigenvalue weighted by atomic mass is 10.2. The van der Waals surface area contributed by atoms with Gasteiger partial charge in [0.05, 0.1) is 5.69 Å². The number of anilines is 1. The highest BCUT2D eigenvalue weighted by atomic mass is 31.2. The van der Waals surface area contributed by atoms with Gasteiger partial charge in [0.1, 0.15) is 5.60 Å². The van der Waals surface area contributed by atoms with Crippen LogP contribution in [-0.2, 0) is 4.57 Å². The molecule has 7 heteroatoms. The van der Waals surface area contributed by atoms with Crippen LogP contribution in [-0.4, -0.2) is 20.4 Å². The van der Waals surface area contributed by atoms with Crippen molar-refractivity contribution in [3.05, 3.63) is 54.2 Å². The van der Waals surface area contributed by atoms with Crippen molar-refractivity contribution in [3.8, 4) is 5.88 Å². The average Bonchev–Trinajstić information content (AvgIpc) is 2.43. The largest absolute Gasteiger partial charge is 0.472 e. The van der Waals surface area contributed by atoms with E-state index in [1.165, 1.54) is 0 Å². The molecule has 0 aliphatic heterocycles. The summed E-state index contributed by atoms with van der Waals surface area (Å²) in [7, 11) is -4.46. The Bertz CT molecular complexity index is 695. The molecule has 2 aromatic rings. The highest BCUT2D eigenvalue weighted by molar-refractivity contribution is 7.52. The molecular formula is C16H21N2O4P. The van der Waals surface area contributed by atoms with Crippen molar-refractivity contribution in [1.29, 1.82) is 0 Å². The van der Waals surface area contributed by atoms with Gasteiger partial charge in [-0.05, 0) is 39.0 Å². The molecule has 1 aromatic heterocycles. The van der Waals surface area contributed by atoms with Gasteiger partial charge in [-0.3, -0.25) is 4.57 Å². The van der Waals surface area contributed by atoms with E-state index in [0.29, 0.717) is 11.6 Å². The van der Waals surface area contributed by atoms with E-state index >= 15 is 0 Å². The molecule has 0 aliphatic rings. The third-order valence-corrected chi connectivity index (χ3v) is 3.92. The van der Waals surface area contributed by atoms with Crippen molar-refractivity contribution < 1.29 is 19.1 Å². The summed E-state index contributed by atoms with van der Waals surface area (Å²) in [5, 5.41) is 2.84. The molecule has 3 N–H and O–H groups in total. The normalized spacial score (nSPS) is 13.4. The van der Waals surface area contributed by atoms with Crippen LogP contribution < -0.4 is 10.1 Å². The fourth-order valence-corrected chi connectivity index (χ4v) is 2.78. The number of pyridine rings is 1. The third-order valence-electron chi connectivity index (χ3n) is 2.85. The van der Waals surface area contributed by atoms with Gasteiger partial charge in [0.15, 0.2) is 5.78 Å². The summed E-state index contributed by atoms with van der Waals surface area (Å²) in [6, 6.07) is 13.8. The van der Waals surface area contributed by atoms with Crippen LogP contribution in [0.3, 0.4) is 0 Å². The van der Waals surface area contributed by atoms with Gasteiger partial charge in [0, 0.05) is 11.8 Å². The van der Waals surface area contributed by atoms with Crippen LogP contribution in [0.2, 0.25) is 0 Å². The molecule has 1 aromatic carbocycles. The fraction of sp³-hybridized carbons (Fsp3) is 0.312. The SMILES string of the molecule is CC(C)(C)Oc1cccc(C(Nc2ccccc2)P(=O)(O)O)n1. The van der Waals surface area contributed by atoms with Gasteiger partial charge in [-0.25, -0.2) is 4.98 Å². The molecule has 2 rings (SSSR count). The minimum absolute atomic E-state index is 0.226. The Labute approximate surface area is 135 Å². The molecular weight excluding hydrogens is 315 g/mol. The summed E-state index contributed by atoms with van der Waals surface area (Å²) in [6.07, 6.45) is 0. The molecule has 0 saturated heterocycles. The summed E-state index contributed by atoms with van der Waals surface area (Å²) in [5.41, 5.74) is 0.379. The molecule has 0 aliphatic carbocycles. The minimum Gasteiger partial charge on any atom is -0.472 e. The van der Waals surface area contributed by atoms with Crippen LogP contribution in [0.15, 0.2) is 48.5 Å². The molecule has 6 nitrogen and oxygen atoms in total. The van der Waals surface area contributed by atoms with E-state index in [0.717, 1.165) is 0 Å². The van der Waals surface area contributed by atoms with Crippen LogP contribution in [0, 0.1) is 0 Å². The number of para-hydroxylation sites is 1. The summed E-state index contributed by atoms with van der Waals surface area (Å²) in [4.78, 5) is 23.6. The molecule has 23 heavy (non-hydrogen) atoms. The van der Waals surface area contributed by atoms with Gasteiger partial charge < -0.3 is 19.8 Å². The zero-order valence-corrected chi connectivity index (χ0v) is 14.2. The monoisotopic (exact) mass is 336 g/mol. The van der Waals surface area contributed by atoms with Crippen molar-refractivity contribution in [2.45, 2.75) is 32.2 Å². The Hall–Kier alpha value is -1.88. The average molecular weight is 336 g/mol. The Morgan fingerprint density at radius 3 is 2.30 bits per heavy atom. The molecule has 1 heterocycles. The van der Waals surface area contributed by atoms with Gasteiger partial charge in [0.25, 0.3) is 0 Å². The first-order chi connectivity index (χ1) is 10.6. The van der Waals surface area contributed by atoms with Crippen molar-refractivity contribution in [2.24, 2.45) is 0 Å². The van der Waals surface area contributed by atoms with Gasteiger partial charge in [-0.2, -0.15) is 0 Å². The first-order valence-electron chi connectivity index (χ1n) is 7.18. The van der Waals surface area contributed by atoms with Crippen molar-refractivity contribution >= 4 is 13.3 Å². The van der Waals surface area contributed by atoms with Crippen LogP contribution in [0.5, 0.6) is 5.88 Å². The third kappa shape index (κ3) is 5.36. The van der Waals surface area contributed by atoms with E-state index in [1.54, 1.807) is 42.5 Å². The first kappa shape index (κ1) is 17.5. The fourth-order valence-electron chi connectivity index (χ4n) is 1.98. The second kappa shape index (κ2) is 6.71. The minimum atomic E-state index is -4.46. The van der Waals surface area contributed by atoms with Gasteiger partial charge in [-0.1, -0.05) is 24.3 Å². The Morgan fingerprint density at radius 2 is 1.74 bits per heavy atom. The molecule has 0 radical (unpaired) electrons. The maximum absolute atomic E-state index is 11.9. The standard InChI is InChI=1S/C16H21N2O4P/c1-16(2,3)22-14-11-7-10-13(18-14)15(23(19,20)21)17-12-8-5-4-6-9-12/h4-11,15,17H,1-3H3,(H2,19,20,21). The zero-order chi connectivity index (χ0) is 17.1. The van der Waals surface area contributed by atoms with Crippen molar-refractivity contribution in [2.75, 3.05) is 5.32 Å². The number of hydrogen-bond donors (Lipinski definition) is 3. The molecule has 0 amide bonds. The molecule has 0 bridgehead atoms. The number of benzene rings is 1. The molecule has 0 fully saturated rings. The van der Waals surface area contributed by atoms with Crippen LogP contribution in [0.25, 0.3) is 0 Å². The zero-order valence-electron chi connectivity index (χ0n) is 13.3. The molecule has 1 atom stereocenters. The number of rotatable bonds is 5. The number of nitrogens with zero attached hydrogens (tertiary/aromatic N) is 1.